The number of hydrogen-bond donors (Lipinski definition) is 0. The Labute approximate surface area is 169 Å². The molecule has 1 aliphatic heterocycles. The molecule has 2 aromatic rings. The number of rotatable bonds is 5. The number of halogens is 1. The zero-order chi connectivity index (χ0) is 19.6. The SMILES string of the molecule is CCN(CC(=O)N1CCc2sccc2[C@H]1c1ccccc1C)C(=O)[C@@H](C)Cl. The number of amides is 2. The first kappa shape index (κ1) is 19.9. The van der Waals surface area contributed by atoms with Crippen molar-refractivity contribution in [2.75, 3.05) is 19.6 Å². The van der Waals surface area contributed by atoms with E-state index in [0.29, 0.717) is 13.1 Å². The van der Waals surface area contributed by atoms with Crippen LogP contribution in [0.2, 0.25) is 0 Å². The molecule has 2 heterocycles. The summed E-state index contributed by atoms with van der Waals surface area (Å²) in [4.78, 5) is 30.3. The highest BCUT2D eigenvalue weighted by molar-refractivity contribution is 7.10. The van der Waals surface area contributed by atoms with Gasteiger partial charge in [0, 0.05) is 18.0 Å². The third kappa shape index (κ3) is 4.04. The minimum atomic E-state index is -0.630. The molecule has 2 atom stereocenters. The second-order valence-corrected chi connectivity index (χ2v) is 8.52. The first-order chi connectivity index (χ1) is 12.9. The number of hydrogen-bond acceptors (Lipinski definition) is 3. The molecule has 0 unspecified atom stereocenters. The van der Waals surface area contributed by atoms with E-state index in [-0.39, 0.29) is 24.4 Å². The van der Waals surface area contributed by atoms with E-state index in [1.54, 1.807) is 18.3 Å². The summed E-state index contributed by atoms with van der Waals surface area (Å²) in [5.74, 6) is -0.235. The quantitative estimate of drug-likeness (QED) is 0.706. The molecule has 1 aromatic carbocycles. The molecule has 0 spiro atoms. The number of aryl methyl sites for hydroxylation is 1. The van der Waals surface area contributed by atoms with Crippen LogP contribution >= 0.6 is 22.9 Å². The molecule has 0 bridgehead atoms. The van der Waals surface area contributed by atoms with Gasteiger partial charge in [0.05, 0.1) is 12.6 Å². The van der Waals surface area contributed by atoms with Gasteiger partial charge in [-0.1, -0.05) is 24.3 Å². The highest BCUT2D eigenvalue weighted by atomic mass is 35.5. The molecule has 2 amide bonds. The molecule has 6 heteroatoms. The van der Waals surface area contributed by atoms with Crippen LogP contribution in [0.3, 0.4) is 0 Å². The molecule has 1 aromatic heterocycles. The van der Waals surface area contributed by atoms with Crippen LogP contribution in [0.4, 0.5) is 0 Å². The standard InChI is InChI=1S/C21H25ClN2O2S/c1-4-23(21(26)15(3)22)13-19(25)24-11-9-18-17(10-12-27-18)20(24)16-8-6-5-7-14(16)2/h5-8,10,12,15,20H,4,9,11,13H2,1-3H3/t15-,20-/m1/s1. The largest absolute Gasteiger partial charge is 0.332 e. The number of nitrogens with zero attached hydrogens (tertiary/aromatic N) is 2. The molecule has 0 N–H and O–H groups in total. The number of carbonyl (C=O) groups excluding carboxylic acids is 2. The Morgan fingerprint density at radius 2 is 2.04 bits per heavy atom. The van der Waals surface area contributed by atoms with E-state index >= 15 is 0 Å². The maximum atomic E-state index is 13.2. The molecule has 0 saturated carbocycles. The third-order valence-corrected chi connectivity index (χ3v) is 6.31. The van der Waals surface area contributed by atoms with Crippen molar-refractivity contribution in [3.05, 3.63) is 57.3 Å². The number of benzene rings is 1. The van der Waals surface area contributed by atoms with Gasteiger partial charge in [-0.05, 0) is 55.3 Å². The Hall–Kier alpha value is -1.85. The normalized spacial score (nSPS) is 17.3. The lowest BCUT2D eigenvalue weighted by molar-refractivity contribution is -0.141. The van der Waals surface area contributed by atoms with Gasteiger partial charge >= 0.3 is 0 Å². The number of fused-ring (bicyclic) bond motifs is 1. The van der Waals surface area contributed by atoms with Crippen LogP contribution in [0.15, 0.2) is 35.7 Å². The van der Waals surface area contributed by atoms with Gasteiger partial charge in [-0.15, -0.1) is 22.9 Å². The van der Waals surface area contributed by atoms with Gasteiger partial charge < -0.3 is 9.80 Å². The van der Waals surface area contributed by atoms with Crippen LogP contribution < -0.4 is 0 Å². The fourth-order valence-electron chi connectivity index (χ4n) is 3.67. The first-order valence-corrected chi connectivity index (χ1v) is 10.6. The van der Waals surface area contributed by atoms with Gasteiger partial charge in [-0.25, -0.2) is 0 Å². The second-order valence-electron chi connectivity index (χ2n) is 6.86. The molecule has 0 saturated heterocycles. The van der Waals surface area contributed by atoms with Crippen LogP contribution in [-0.2, 0) is 16.0 Å². The summed E-state index contributed by atoms with van der Waals surface area (Å²) in [7, 11) is 0. The van der Waals surface area contributed by atoms with Gasteiger partial charge in [0.2, 0.25) is 11.8 Å². The van der Waals surface area contributed by atoms with Crippen molar-refractivity contribution in [2.45, 2.75) is 38.6 Å². The highest BCUT2D eigenvalue weighted by Gasteiger charge is 2.34. The van der Waals surface area contributed by atoms with Gasteiger partial charge in [0.15, 0.2) is 0 Å². The van der Waals surface area contributed by atoms with Crippen LogP contribution in [0, 0.1) is 6.92 Å². The average Bonchev–Trinajstić information content (AvgIpc) is 3.14. The summed E-state index contributed by atoms with van der Waals surface area (Å²) in [5, 5.41) is 1.47. The van der Waals surface area contributed by atoms with Crippen molar-refractivity contribution in [3.63, 3.8) is 0 Å². The first-order valence-electron chi connectivity index (χ1n) is 9.28. The molecular weight excluding hydrogens is 380 g/mol. The second kappa shape index (κ2) is 8.44. The van der Waals surface area contributed by atoms with E-state index in [0.717, 1.165) is 17.5 Å². The van der Waals surface area contributed by atoms with Gasteiger partial charge in [0.25, 0.3) is 0 Å². The molecular formula is C21H25ClN2O2S. The van der Waals surface area contributed by atoms with Gasteiger partial charge in [-0.3, -0.25) is 9.59 Å². The van der Waals surface area contributed by atoms with Crippen molar-refractivity contribution < 1.29 is 9.59 Å². The monoisotopic (exact) mass is 404 g/mol. The Morgan fingerprint density at radius 1 is 1.30 bits per heavy atom. The van der Waals surface area contributed by atoms with Crippen LogP contribution in [0.1, 0.15) is 41.5 Å². The predicted octanol–water partition coefficient (Wildman–Crippen LogP) is 4.01. The van der Waals surface area contributed by atoms with Gasteiger partial charge in [0.1, 0.15) is 5.38 Å². The van der Waals surface area contributed by atoms with Crippen molar-refractivity contribution in [2.24, 2.45) is 0 Å². The summed E-state index contributed by atoms with van der Waals surface area (Å²) < 4.78 is 0. The lowest BCUT2D eigenvalue weighted by atomic mass is 9.90. The van der Waals surface area contributed by atoms with E-state index in [2.05, 4.69) is 30.5 Å². The van der Waals surface area contributed by atoms with Crippen molar-refractivity contribution >= 4 is 34.8 Å². The molecule has 27 heavy (non-hydrogen) atoms. The molecule has 3 rings (SSSR count). The number of carbonyl (C=O) groups is 2. The van der Waals surface area contributed by atoms with E-state index in [1.165, 1.54) is 15.3 Å². The van der Waals surface area contributed by atoms with E-state index in [9.17, 15) is 9.59 Å². The van der Waals surface area contributed by atoms with Crippen molar-refractivity contribution in [1.82, 2.24) is 9.80 Å². The van der Waals surface area contributed by atoms with E-state index in [4.69, 9.17) is 11.6 Å². The molecule has 144 valence electrons. The van der Waals surface area contributed by atoms with Crippen molar-refractivity contribution in [3.8, 4) is 0 Å². The molecule has 1 aliphatic rings. The topological polar surface area (TPSA) is 40.6 Å². The predicted molar refractivity (Wildman–Crippen MR) is 110 cm³/mol. The minimum Gasteiger partial charge on any atom is -0.332 e. The molecule has 0 radical (unpaired) electrons. The average molecular weight is 405 g/mol. The number of likely N-dealkylation sites (N-methyl/N-ethyl adjacent to an activating group) is 1. The number of alkyl halides is 1. The molecule has 0 fully saturated rings. The van der Waals surface area contributed by atoms with Gasteiger partial charge in [-0.2, -0.15) is 0 Å². The lowest BCUT2D eigenvalue weighted by Crippen LogP contribution is -2.48. The summed E-state index contributed by atoms with van der Waals surface area (Å²) in [6.07, 6.45) is 0.854. The Morgan fingerprint density at radius 3 is 2.70 bits per heavy atom. The highest BCUT2D eigenvalue weighted by Crippen LogP contribution is 2.38. The summed E-state index contributed by atoms with van der Waals surface area (Å²) in [5.41, 5.74) is 3.51. The van der Waals surface area contributed by atoms with Crippen molar-refractivity contribution in [1.29, 1.82) is 0 Å². The van der Waals surface area contributed by atoms with E-state index in [1.807, 2.05) is 24.0 Å². The minimum absolute atomic E-state index is 0.0346. The molecule has 0 aliphatic carbocycles. The van der Waals surface area contributed by atoms with E-state index < -0.39 is 5.38 Å². The fraction of sp³-hybridized carbons (Fsp3) is 0.429. The maximum Gasteiger partial charge on any atom is 0.242 e. The fourth-order valence-corrected chi connectivity index (χ4v) is 4.71. The Kier molecular flexibility index (Phi) is 6.22. The lowest BCUT2D eigenvalue weighted by Gasteiger charge is -2.38. The molecule has 4 nitrogen and oxygen atoms in total. The summed E-state index contributed by atoms with van der Waals surface area (Å²) in [6, 6.07) is 10.2. The van der Waals surface area contributed by atoms with Crippen LogP contribution in [0.25, 0.3) is 0 Å². The maximum absolute atomic E-state index is 13.2. The Balaban J connectivity index is 1.92. The zero-order valence-corrected chi connectivity index (χ0v) is 17.5. The van der Waals surface area contributed by atoms with Crippen LogP contribution in [-0.4, -0.2) is 46.6 Å². The smallest absolute Gasteiger partial charge is 0.242 e. The summed E-state index contributed by atoms with van der Waals surface area (Å²) in [6.45, 7) is 6.79. The number of thiophene rings is 1. The zero-order valence-electron chi connectivity index (χ0n) is 15.9. The Bertz CT molecular complexity index is 833. The van der Waals surface area contributed by atoms with Crippen LogP contribution in [0.5, 0.6) is 0 Å². The third-order valence-electron chi connectivity index (χ3n) is 5.13. The summed E-state index contributed by atoms with van der Waals surface area (Å²) >= 11 is 7.70.